The van der Waals surface area contributed by atoms with E-state index in [2.05, 4.69) is 4.98 Å². The van der Waals surface area contributed by atoms with Gasteiger partial charge in [0.05, 0.1) is 13.2 Å². The summed E-state index contributed by atoms with van der Waals surface area (Å²) in [5.74, 6) is 0. The molecule has 0 spiro atoms. The first kappa shape index (κ1) is 16.6. The molecule has 0 saturated carbocycles. The number of aromatic nitrogens is 1. The Bertz CT molecular complexity index is 596. The van der Waals surface area contributed by atoms with Gasteiger partial charge in [0.15, 0.2) is 0 Å². The molecule has 0 unspecified atom stereocenters. The predicted octanol–water partition coefficient (Wildman–Crippen LogP) is 1.04. The molecule has 1 aromatic heterocycles. The van der Waals surface area contributed by atoms with Crippen molar-refractivity contribution in [2.45, 2.75) is 9.92 Å². The fraction of sp³-hybridized carbons (Fsp3) is 0.500. The van der Waals surface area contributed by atoms with Gasteiger partial charge in [0, 0.05) is 33.4 Å². The SMILES string of the molecule is CN(C)C(=S)Sc1ccc(S(=O)(=O)N2CCOCC2)cn1. The topological polar surface area (TPSA) is 62.7 Å². The van der Waals surface area contributed by atoms with E-state index in [4.69, 9.17) is 17.0 Å². The highest BCUT2D eigenvalue weighted by Gasteiger charge is 2.26. The molecule has 6 nitrogen and oxygen atoms in total. The lowest BCUT2D eigenvalue weighted by Crippen LogP contribution is -2.40. The van der Waals surface area contributed by atoms with Crippen LogP contribution in [0, 0.1) is 0 Å². The summed E-state index contributed by atoms with van der Waals surface area (Å²) in [5.41, 5.74) is 0. The fourth-order valence-corrected chi connectivity index (χ4v) is 3.91. The van der Waals surface area contributed by atoms with Gasteiger partial charge < -0.3 is 9.64 Å². The Morgan fingerprint density at radius 3 is 2.57 bits per heavy atom. The van der Waals surface area contributed by atoms with Crippen molar-refractivity contribution in [3.63, 3.8) is 0 Å². The van der Waals surface area contributed by atoms with Crippen molar-refractivity contribution in [2.75, 3.05) is 40.4 Å². The van der Waals surface area contributed by atoms with Gasteiger partial charge in [0.25, 0.3) is 0 Å². The third-order valence-electron chi connectivity index (χ3n) is 2.87. The Kier molecular flexibility index (Phi) is 5.55. The van der Waals surface area contributed by atoms with Crippen molar-refractivity contribution in [2.24, 2.45) is 0 Å². The van der Waals surface area contributed by atoms with E-state index in [0.717, 1.165) is 0 Å². The highest BCUT2D eigenvalue weighted by atomic mass is 32.2. The Hall–Kier alpha value is -0.740. The molecule has 116 valence electrons. The number of nitrogens with zero attached hydrogens (tertiary/aromatic N) is 3. The van der Waals surface area contributed by atoms with E-state index in [9.17, 15) is 8.42 Å². The maximum Gasteiger partial charge on any atom is 0.244 e. The van der Waals surface area contributed by atoms with E-state index in [1.165, 1.54) is 22.3 Å². The molecule has 0 radical (unpaired) electrons. The summed E-state index contributed by atoms with van der Waals surface area (Å²) in [6.45, 7) is 1.61. The van der Waals surface area contributed by atoms with Gasteiger partial charge >= 0.3 is 0 Å². The lowest BCUT2D eigenvalue weighted by molar-refractivity contribution is 0.0730. The first-order valence-electron chi connectivity index (χ1n) is 6.34. The van der Waals surface area contributed by atoms with Crippen molar-refractivity contribution in [1.82, 2.24) is 14.2 Å². The van der Waals surface area contributed by atoms with E-state index in [1.54, 1.807) is 17.0 Å². The van der Waals surface area contributed by atoms with Crippen LogP contribution in [0.4, 0.5) is 0 Å². The van der Waals surface area contributed by atoms with E-state index in [-0.39, 0.29) is 4.90 Å². The van der Waals surface area contributed by atoms with Crippen molar-refractivity contribution in [3.05, 3.63) is 18.3 Å². The van der Waals surface area contributed by atoms with E-state index >= 15 is 0 Å². The zero-order valence-electron chi connectivity index (χ0n) is 11.9. The first-order valence-corrected chi connectivity index (χ1v) is 9.01. The minimum absolute atomic E-state index is 0.199. The smallest absolute Gasteiger partial charge is 0.244 e. The standard InChI is InChI=1S/C12H17N3O3S3/c1-14(2)12(19)20-11-4-3-10(9-13-11)21(16,17)15-5-7-18-8-6-15/h3-4,9H,5-8H2,1-2H3. The summed E-state index contributed by atoms with van der Waals surface area (Å²) < 4.78 is 32.1. The maximum atomic E-state index is 12.4. The van der Waals surface area contributed by atoms with Crippen molar-refractivity contribution in [3.8, 4) is 0 Å². The number of hydrogen-bond acceptors (Lipinski definition) is 6. The van der Waals surface area contributed by atoms with Gasteiger partial charge in [0.1, 0.15) is 14.2 Å². The zero-order valence-corrected chi connectivity index (χ0v) is 14.3. The number of thiocarbonyl (C=S) groups is 1. The average molecular weight is 347 g/mol. The fourth-order valence-electron chi connectivity index (χ4n) is 1.70. The molecule has 1 aliphatic heterocycles. The highest BCUT2D eigenvalue weighted by Crippen LogP contribution is 2.22. The number of rotatable bonds is 3. The Balaban J connectivity index is 2.12. The van der Waals surface area contributed by atoms with Gasteiger partial charge in [-0.3, -0.25) is 0 Å². The van der Waals surface area contributed by atoms with Gasteiger partial charge in [-0.1, -0.05) is 12.2 Å². The Morgan fingerprint density at radius 2 is 2.05 bits per heavy atom. The highest BCUT2D eigenvalue weighted by molar-refractivity contribution is 8.22. The molecule has 0 aromatic carbocycles. The number of ether oxygens (including phenoxy) is 1. The summed E-state index contributed by atoms with van der Waals surface area (Å²) >= 11 is 6.50. The van der Waals surface area contributed by atoms with E-state index in [1.807, 2.05) is 14.1 Å². The Labute approximate surface area is 134 Å². The predicted molar refractivity (Wildman–Crippen MR) is 86.0 cm³/mol. The van der Waals surface area contributed by atoms with Gasteiger partial charge in [-0.15, -0.1) is 0 Å². The molecule has 2 heterocycles. The third-order valence-corrected chi connectivity index (χ3v) is 6.36. The van der Waals surface area contributed by atoms with Crippen molar-refractivity contribution < 1.29 is 13.2 Å². The van der Waals surface area contributed by atoms with Crippen LogP contribution in [-0.2, 0) is 14.8 Å². The monoisotopic (exact) mass is 347 g/mol. The number of thioether (sulfide) groups is 1. The largest absolute Gasteiger partial charge is 0.379 e. The average Bonchev–Trinajstić information content (AvgIpc) is 2.48. The molecule has 0 amide bonds. The molecule has 2 rings (SSSR count). The van der Waals surface area contributed by atoms with Crippen LogP contribution >= 0.6 is 24.0 Å². The van der Waals surface area contributed by atoms with E-state index < -0.39 is 10.0 Å². The van der Waals surface area contributed by atoms with Crippen LogP contribution in [-0.4, -0.2) is 67.3 Å². The van der Waals surface area contributed by atoms with Crippen LogP contribution in [0.25, 0.3) is 0 Å². The lowest BCUT2D eigenvalue weighted by Gasteiger charge is -2.25. The molecule has 1 saturated heterocycles. The summed E-state index contributed by atoms with van der Waals surface area (Å²) in [4.78, 5) is 6.18. The molecule has 1 aliphatic rings. The van der Waals surface area contributed by atoms with Gasteiger partial charge in [-0.25, -0.2) is 13.4 Å². The first-order chi connectivity index (χ1) is 9.91. The van der Waals surface area contributed by atoms with Crippen LogP contribution in [0.1, 0.15) is 0 Å². The van der Waals surface area contributed by atoms with Gasteiger partial charge in [-0.05, 0) is 23.9 Å². The molecule has 1 fully saturated rings. The normalized spacial score (nSPS) is 16.7. The van der Waals surface area contributed by atoms with Crippen molar-refractivity contribution >= 4 is 38.3 Å². The second kappa shape index (κ2) is 7.01. The van der Waals surface area contributed by atoms with Crippen LogP contribution in [0.3, 0.4) is 0 Å². The Morgan fingerprint density at radius 1 is 1.38 bits per heavy atom. The van der Waals surface area contributed by atoms with Crippen LogP contribution in [0.15, 0.2) is 28.3 Å². The van der Waals surface area contributed by atoms with Gasteiger partial charge in [-0.2, -0.15) is 4.31 Å². The molecule has 9 heteroatoms. The molecule has 0 aliphatic carbocycles. The summed E-state index contributed by atoms with van der Waals surface area (Å²) in [7, 11) is 0.222. The molecular weight excluding hydrogens is 330 g/mol. The molecule has 1 aromatic rings. The minimum Gasteiger partial charge on any atom is -0.379 e. The maximum absolute atomic E-state index is 12.4. The molecule has 0 N–H and O–H groups in total. The summed E-state index contributed by atoms with van der Waals surface area (Å²) in [6.07, 6.45) is 1.38. The number of pyridine rings is 1. The quantitative estimate of drug-likeness (QED) is 0.598. The molecular formula is C12H17N3O3S3. The molecule has 0 atom stereocenters. The zero-order chi connectivity index (χ0) is 15.5. The van der Waals surface area contributed by atoms with Crippen LogP contribution in [0.5, 0.6) is 0 Å². The van der Waals surface area contributed by atoms with Gasteiger partial charge in [0.2, 0.25) is 10.0 Å². The second-order valence-corrected chi connectivity index (χ2v) is 8.20. The number of sulfonamides is 1. The van der Waals surface area contributed by atoms with Crippen LogP contribution in [0.2, 0.25) is 0 Å². The third kappa shape index (κ3) is 4.13. The number of morpholine rings is 1. The summed E-state index contributed by atoms with van der Waals surface area (Å²) in [6, 6.07) is 3.24. The molecule has 0 bridgehead atoms. The van der Waals surface area contributed by atoms with E-state index in [0.29, 0.717) is 35.6 Å². The summed E-state index contributed by atoms with van der Waals surface area (Å²) in [5, 5.41) is 0.676. The minimum atomic E-state index is -3.49. The second-order valence-electron chi connectivity index (χ2n) is 4.61. The van der Waals surface area contributed by atoms with Crippen LogP contribution < -0.4 is 0 Å². The number of hydrogen-bond donors (Lipinski definition) is 0. The van der Waals surface area contributed by atoms with Crippen molar-refractivity contribution in [1.29, 1.82) is 0 Å². The lowest BCUT2D eigenvalue weighted by atomic mass is 10.5. The molecule has 21 heavy (non-hydrogen) atoms.